The molecule has 0 saturated carbocycles. The Morgan fingerprint density at radius 1 is 1.23 bits per heavy atom. The van der Waals surface area contributed by atoms with E-state index in [2.05, 4.69) is 6.92 Å². The van der Waals surface area contributed by atoms with Gasteiger partial charge in [0.2, 0.25) is 0 Å². The average Bonchev–Trinajstić information content (AvgIpc) is 2.91. The van der Waals surface area contributed by atoms with E-state index in [-0.39, 0.29) is 18.2 Å². The van der Waals surface area contributed by atoms with Gasteiger partial charge in [-0.15, -0.1) is 0 Å². The van der Waals surface area contributed by atoms with Crippen molar-refractivity contribution in [2.45, 2.75) is 58.3 Å². The number of carbonyl (C=O) groups is 2. The lowest BCUT2D eigenvalue weighted by Gasteiger charge is -2.08. The monoisotopic (exact) mass is 373 g/mol. The van der Waals surface area contributed by atoms with Gasteiger partial charge in [-0.2, -0.15) is 5.26 Å². The summed E-state index contributed by atoms with van der Waals surface area (Å²) in [5, 5.41) is 9.52. The van der Waals surface area contributed by atoms with Crippen LogP contribution >= 0.6 is 11.6 Å². The van der Waals surface area contributed by atoms with Gasteiger partial charge < -0.3 is 4.74 Å². The van der Waals surface area contributed by atoms with Crippen molar-refractivity contribution in [3.8, 4) is 6.07 Å². The minimum Gasteiger partial charge on any atom is -0.430 e. The lowest BCUT2D eigenvalue weighted by molar-refractivity contribution is -0.139. The summed E-state index contributed by atoms with van der Waals surface area (Å²) in [6, 6.07) is 8.91. The quantitative estimate of drug-likeness (QED) is 0.426. The molecule has 0 saturated heterocycles. The fourth-order valence-electron chi connectivity index (χ4n) is 3.11. The Bertz CT molecular complexity index is 716. The van der Waals surface area contributed by atoms with Crippen LogP contribution in [0.4, 0.5) is 0 Å². The van der Waals surface area contributed by atoms with Crippen molar-refractivity contribution in [2.75, 3.05) is 0 Å². The van der Waals surface area contributed by atoms with Crippen LogP contribution in [0.2, 0.25) is 5.02 Å². The molecule has 1 atom stereocenters. The summed E-state index contributed by atoms with van der Waals surface area (Å²) in [6.07, 6.45) is 6.00. The molecule has 0 fully saturated rings. The lowest BCUT2D eigenvalue weighted by Crippen LogP contribution is -2.08. The van der Waals surface area contributed by atoms with Crippen LogP contribution in [0.1, 0.15) is 63.9 Å². The Morgan fingerprint density at radius 3 is 2.58 bits per heavy atom. The van der Waals surface area contributed by atoms with Crippen LogP contribution in [-0.4, -0.2) is 11.8 Å². The van der Waals surface area contributed by atoms with Crippen molar-refractivity contribution in [2.24, 2.45) is 5.92 Å². The van der Waals surface area contributed by atoms with Crippen LogP contribution in [0, 0.1) is 17.2 Å². The molecule has 0 bridgehead atoms. The number of unbranched alkanes of at least 4 members (excludes halogenated alkanes) is 4. The second kappa shape index (κ2) is 10.1. The number of carbonyl (C=O) groups excluding carboxylic acids is 2. The van der Waals surface area contributed by atoms with E-state index in [1.54, 1.807) is 24.3 Å². The average molecular weight is 374 g/mol. The molecule has 4 nitrogen and oxygen atoms in total. The second-order valence-corrected chi connectivity index (χ2v) is 7.01. The first-order valence-electron chi connectivity index (χ1n) is 9.17. The topological polar surface area (TPSA) is 67.2 Å². The van der Waals surface area contributed by atoms with E-state index in [1.807, 2.05) is 6.07 Å². The fourth-order valence-corrected chi connectivity index (χ4v) is 3.23. The summed E-state index contributed by atoms with van der Waals surface area (Å²) < 4.78 is 5.54. The molecule has 1 aliphatic rings. The molecule has 2 rings (SSSR count). The molecular formula is C21H24ClNO3. The Hall–Kier alpha value is -2.12. The highest BCUT2D eigenvalue weighted by Crippen LogP contribution is 2.37. The summed E-state index contributed by atoms with van der Waals surface area (Å²) >= 11 is 5.92. The second-order valence-electron chi connectivity index (χ2n) is 6.57. The number of ketones is 1. The predicted molar refractivity (Wildman–Crippen MR) is 101 cm³/mol. The third-order valence-electron chi connectivity index (χ3n) is 4.52. The van der Waals surface area contributed by atoms with Gasteiger partial charge in [-0.1, -0.05) is 56.3 Å². The standard InChI is InChI=1S/C21H24ClNO3/c1-2-3-4-5-6-7-19(24)26-18-14-16(12-13-23)21(25)20(18)15-8-10-17(22)11-9-15/h8-11,16H,2-7,12,14H2,1H3. The first-order valence-corrected chi connectivity index (χ1v) is 9.55. The zero-order valence-corrected chi connectivity index (χ0v) is 15.8. The number of nitrogens with zero attached hydrogens (tertiary/aromatic N) is 1. The van der Waals surface area contributed by atoms with Crippen molar-refractivity contribution in [1.82, 2.24) is 0 Å². The number of allylic oxidation sites excluding steroid dienone is 2. The maximum atomic E-state index is 12.7. The Morgan fingerprint density at radius 2 is 1.92 bits per heavy atom. The third-order valence-corrected chi connectivity index (χ3v) is 4.77. The normalized spacial score (nSPS) is 16.7. The molecule has 0 aromatic heterocycles. The number of nitriles is 1. The van der Waals surface area contributed by atoms with Crippen molar-refractivity contribution in [3.05, 3.63) is 40.6 Å². The van der Waals surface area contributed by atoms with E-state index in [0.29, 0.717) is 34.8 Å². The maximum Gasteiger partial charge on any atom is 0.310 e. The van der Waals surface area contributed by atoms with Crippen LogP contribution in [0.3, 0.4) is 0 Å². The number of hydrogen-bond donors (Lipinski definition) is 0. The Balaban J connectivity index is 2.09. The summed E-state index contributed by atoms with van der Waals surface area (Å²) in [5.74, 6) is -0.512. The van der Waals surface area contributed by atoms with Gasteiger partial charge in [-0.05, 0) is 24.1 Å². The van der Waals surface area contributed by atoms with E-state index in [4.69, 9.17) is 21.6 Å². The van der Waals surface area contributed by atoms with Gasteiger partial charge >= 0.3 is 5.97 Å². The molecular weight excluding hydrogens is 350 g/mol. The highest BCUT2D eigenvalue weighted by atomic mass is 35.5. The summed E-state index contributed by atoms with van der Waals surface area (Å²) in [6.45, 7) is 2.15. The van der Waals surface area contributed by atoms with Gasteiger partial charge in [0.1, 0.15) is 5.76 Å². The van der Waals surface area contributed by atoms with Crippen LogP contribution in [0.25, 0.3) is 5.57 Å². The summed E-state index contributed by atoms with van der Waals surface area (Å²) in [7, 11) is 0. The number of ether oxygens (including phenoxy) is 1. The first kappa shape index (κ1) is 20.2. The summed E-state index contributed by atoms with van der Waals surface area (Å²) in [4.78, 5) is 24.9. The van der Waals surface area contributed by atoms with E-state index in [0.717, 1.165) is 25.7 Å². The molecule has 5 heteroatoms. The van der Waals surface area contributed by atoms with Crippen LogP contribution in [0.5, 0.6) is 0 Å². The SMILES string of the molecule is CCCCCCCC(=O)OC1=C(c2ccc(Cl)cc2)C(=O)C(CC#N)C1. The zero-order valence-electron chi connectivity index (χ0n) is 15.1. The number of esters is 1. The smallest absolute Gasteiger partial charge is 0.310 e. The van der Waals surface area contributed by atoms with Crippen LogP contribution in [0.15, 0.2) is 30.0 Å². The van der Waals surface area contributed by atoms with Gasteiger partial charge in [0.15, 0.2) is 5.78 Å². The van der Waals surface area contributed by atoms with Crippen LogP contribution in [-0.2, 0) is 14.3 Å². The van der Waals surface area contributed by atoms with Crippen molar-refractivity contribution in [3.63, 3.8) is 0 Å². The molecule has 0 N–H and O–H groups in total. The van der Waals surface area contributed by atoms with Crippen LogP contribution < -0.4 is 0 Å². The predicted octanol–water partition coefficient (Wildman–Crippen LogP) is 5.46. The minimum atomic E-state index is -0.446. The van der Waals surface area contributed by atoms with Gasteiger partial charge in [0.05, 0.1) is 11.6 Å². The van der Waals surface area contributed by atoms with E-state index >= 15 is 0 Å². The number of rotatable bonds is 9. The molecule has 1 aromatic rings. The molecule has 0 amide bonds. The molecule has 0 aliphatic heterocycles. The third kappa shape index (κ3) is 5.44. The highest BCUT2D eigenvalue weighted by Gasteiger charge is 2.35. The molecule has 1 aromatic carbocycles. The Labute approximate surface area is 159 Å². The lowest BCUT2D eigenvalue weighted by atomic mass is 9.97. The van der Waals surface area contributed by atoms with E-state index in [1.165, 1.54) is 6.42 Å². The van der Waals surface area contributed by atoms with Crippen molar-refractivity contribution >= 4 is 28.9 Å². The minimum absolute atomic E-state index is 0.119. The maximum absolute atomic E-state index is 12.7. The van der Waals surface area contributed by atoms with Crippen molar-refractivity contribution < 1.29 is 14.3 Å². The molecule has 1 unspecified atom stereocenters. The summed E-state index contributed by atoms with van der Waals surface area (Å²) in [5.41, 5.74) is 1.08. The Kier molecular flexibility index (Phi) is 7.87. The molecule has 0 radical (unpaired) electrons. The van der Waals surface area contributed by atoms with Gasteiger partial charge in [-0.25, -0.2) is 0 Å². The number of Topliss-reactive ketones (excluding diaryl/α,β-unsaturated/α-hetero) is 1. The molecule has 0 spiro atoms. The molecule has 1 aliphatic carbocycles. The van der Waals surface area contributed by atoms with Crippen molar-refractivity contribution in [1.29, 1.82) is 5.26 Å². The van der Waals surface area contributed by atoms with E-state index in [9.17, 15) is 9.59 Å². The largest absolute Gasteiger partial charge is 0.430 e. The number of hydrogen-bond acceptors (Lipinski definition) is 4. The van der Waals surface area contributed by atoms with E-state index < -0.39 is 5.92 Å². The van der Waals surface area contributed by atoms with Gasteiger partial charge in [0.25, 0.3) is 0 Å². The van der Waals surface area contributed by atoms with Gasteiger partial charge in [0, 0.05) is 30.2 Å². The zero-order chi connectivity index (χ0) is 18.9. The van der Waals surface area contributed by atoms with Gasteiger partial charge in [-0.3, -0.25) is 9.59 Å². The fraction of sp³-hybridized carbons (Fsp3) is 0.476. The molecule has 26 heavy (non-hydrogen) atoms. The number of benzene rings is 1. The first-order chi connectivity index (χ1) is 12.6. The molecule has 138 valence electrons. The highest BCUT2D eigenvalue weighted by molar-refractivity contribution is 6.31. The number of halogens is 1. The molecule has 0 heterocycles.